The predicted molar refractivity (Wildman–Crippen MR) is 18.1 cm³/mol. The maximum Gasteiger partial charge on any atom is 0.0721 e. The molecule has 0 saturated carbocycles. The molecule has 0 fully saturated rings. The highest BCUT2D eigenvalue weighted by molar-refractivity contribution is 7.23. The van der Waals surface area contributed by atoms with Gasteiger partial charge in [-0.1, -0.05) is 0 Å². The quantitative estimate of drug-likeness (QED) is 0.446. The molecule has 0 aliphatic rings. The van der Waals surface area contributed by atoms with Crippen molar-refractivity contribution in [1.29, 1.82) is 0 Å². The molecule has 0 rings (SSSR count). The highest BCUT2D eigenvalue weighted by Crippen LogP contribution is 1.75. The highest BCUT2D eigenvalue weighted by Gasteiger charge is 1.49. The fourth-order valence-electron chi connectivity index (χ4n) is 0. The van der Waals surface area contributed by atoms with Crippen LogP contribution in [0.3, 0.4) is 0 Å². The molecule has 0 aromatic carbocycles. The molecular weight excluding hydrogens is 73.0 g/mol. The van der Waals surface area contributed by atoms with E-state index in [-0.39, 0.29) is 8.46 Å². The Morgan fingerprint density at radius 2 is 2.25 bits per heavy atom. The lowest BCUT2D eigenvalue weighted by Gasteiger charge is -1.56. The zero-order valence-corrected chi connectivity index (χ0v) is 3.19. The van der Waals surface area contributed by atoms with Crippen LogP contribution in [0.15, 0.2) is 0 Å². The van der Waals surface area contributed by atoms with Gasteiger partial charge in [-0.15, -0.1) is 0 Å². The molecule has 0 saturated heterocycles. The summed E-state index contributed by atoms with van der Waals surface area (Å²) in [6, 6.07) is 0. The van der Waals surface area contributed by atoms with E-state index in [9.17, 15) is 4.57 Å². The second kappa shape index (κ2) is 3.06. The van der Waals surface area contributed by atoms with E-state index in [0.29, 0.717) is 6.29 Å². The molecule has 1 atom stereocenters. The average Bonchev–Trinajstić information content (AvgIpc) is 1.37. The first-order valence-electron chi connectivity index (χ1n) is 0.966. The van der Waals surface area contributed by atoms with Gasteiger partial charge in [-0.05, 0) is 0 Å². The first-order chi connectivity index (χ1) is 1.91. The van der Waals surface area contributed by atoms with E-state index in [1.807, 2.05) is 0 Å². The molecule has 3 heteroatoms. The lowest BCUT2D eigenvalue weighted by atomic mass is 11.6. The van der Waals surface area contributed by atoms with Crippen molar-refractivity contribution in [2.24, 2.45) is 5.73 Å². The van der Waals surface area contributed by atoms with Gasteiger partial charge in [-0.25, -0.2) is 0 Å². The molecule has 2 nitrogen and oxygen atoms in total. The third kappa shape index (κ3) is 2.06. The van der Waals surface area contributed by atoms with Crippen molar-refractivity contribution in [1.82, 2.24) is 0 Å². The summed E-state index contributed by atoms with van der Waals surface area (Å²) in [6.07, 6.45) is 0.292. The summed E-state index contributed by atoms with van der Waals surface area (Å²) in [6.45, 7) is 0. The largest absolute Gasteiger partial charge is 0.321 e. The van der Waals surface area contributed by atoms with Crippen LogP contribution in [0, 0.1) is 0 Å². The molecule has 0 aromatic heterocycles. The minimum atomic E-state index is -0.332. The van der Waals surface area contributed by atoms with Gasteiger partial charge in [0, 0.05) is 0 Å². The summed E-state index contributed by atoms with van der Waals surface area (Å²) >= 11 is 0. The normalized spacial score (nSPS) is 8.25. The third-order valence-electron chi connectivity index (χ3n) is 0.0833. The molecule has 0 aromatic rings. The van der Waals surface area contributed by atoms with E-state index < -0.39 is 0 Å². The second-order valence-corrected chi connectivity index (χ2v) is 1.05. The van der Waals surface area contributed by atoms with Crippen LogP contribution < -0.4 is 5.73 Å². The van der Waals surface area contributed by atoms with Gasteiger partial charge in [0.25, 0.3) is 0 Å². The average molecular weight is 78.0 g/mol. The molecular formula is CH5NOP. The first kappa shape index (κ1) is 4.06. The second-order valence-electron chi connectivity index (χ2n) is 0.348. The van der Waals surface area contributed by atoms with Gasteiger partial charge in [0.2, 0.25) is 0 Å². The maximum atomic E-state index is 9.20. The Morgan fingerprint density at radius 1 is 2.00 bits per heavy atom. The van der Waals surface area contributed by atoms with Crippen molar-refractivity contribution in [3.63, 3.8) is 0 Å². The molecule has 0 aliphatic heterocycles. The first-order valence-corrected chi connectivity index (χ1v) is 2.08. The topological polar surface area (TPSA) is 43.1 Å². The molecule has 0 spiro atoms. The molecule has 1 unspecified atom stereocenters. The smallest absolute Gasteiger partial charge is 0.0721 e. The van der Waals surface area contributed by atoms with Gasteiger partial charge in [0.05, 0.1) is 14.7 Å². The van der Waals surface area contributed by atoms with Gasteiger partial charge in [0.1, 0.15) is 0 Å². The minimum absolute atomic E-state index is 0.292. The lowest BCUT2D eigenvalue weighted by molar-refractivity contribution is 0.599. The van der Waals surface area contributed by atoms with Gasteiger partial charge in [-0.2, -0.15) is 0 Å². The van der Waals surface area contributed by atoms with Crippen molar-refractivity contribution in [3.05, 3.63) is 0 Å². The zero-order valence-electron chi connectivity index (χ0n) is 2.19. The molecule has 0 aliphatic carbocycles. The summed E-state index contributed by atoms with van der Waals surface area (Å²) in [7, 11) is -0.332. The summed E-state index contributed by atoms with van der Waals surface area (Å²) < 4.78 is 9.20. The molecule has 0 amide bonds. The zero-order chi connectivity index (χ0) is 3.41. The van der Waals surface area contributed by atoms with Crippen LogP contribution in [-0.2, 0) is 4.57 Å². The monoisotopic (exact) mass is 78.0 g/mol. The van der Waals surface area contributed by atoms with Crippen LogP contribution in [0.25, 0.3) is 0 Å². The molecule has 25 valence electrons. The van der Waals surface area contributed by atoms with E-state index in [1.54, 1.807) is 0 Å². The number of nitrogens with two attached hydrogens (primary N) is 1. The van der Waals surface area contributed by atoms with E-state index in [0.717, 1.165) is 0 Å². The van der Waals surface area contributed by atoms with Crippen LogP contribution in [0.4, 0.5) is 0 Å². The third-order valence-corrected chi connectivity index (χ3v) is 0.250. The van der Waals surface area contributed by atoms with Gasteiger partial charge in [-0.3, -0.25) is 4.57 Å². The Hall–Kier alpha value is 0.0600. The highest BCUT2D eigenvalue weighted by atomic mass is 31.1. The number of hydrogen-bond donors (Lipinski definition) is 1. The van der Waals surface area contributed by atoms with Crippen LogP contribution in [-0.4, -0.2) is 6.29 Å². The Morgan fingerprint density at radius 3 is 2.25 bits per heavy atom. The SMILES string of the molecule is NC[PH]=O. The maximum absolute atomic E-state index is 9.20. The van der Waals surface area contributed by atoms with E-state index in [2.05, 4.69) is 0 Å². The van der Waals surface area contributed by atoms with Crippen LogP contribution in [0.2, 0.25) is 0 Å². The van der Waals surface area contributed by atoms with Gasteiger partial charge < -0.3 is 5.73 Å². The molecule has 0 bridgehead atoms. The Balaban J connectivity index is 2.30. The van der Waals surface area contributed by atoms with Crippen molar-refractivity contribution in [3.8, 4) is 0 Å². The van der Waals surface area contributed by atoms with Crippen molar-refractivity contribution in [2.75, 3.05) is 6.29 Å². The molecule has 1 radical (unpaired) electrons. The molecule has 0 heterocycles. The van der Waals surface area contributed by atoms with Crippen molar-refractivity contribution in [2.45, 2.75) is 0 Å². The standard InChI is InChI=1S/CH5NOP/c2-1-4-3/h4H,1-2H2. The fraction of sp³-hybridized carbons (Fsp3) is 1.00. The van der Waals surface area contributed by atoms with E-state index in [1.165, 1.54) is 0 Å². The van der Waals surface area contributed by atoms with Crippen LogP contribution in [0.1, 0.15) is 0 Å². The Kier molecular flexibility index (Phi) is 3.11. The van der Waals surface area contributed by atoms with Crippen LogP contribution in [0.5, 0.6) is 0 Å². The van der Waals surface area contributed by atoms with Gasteiger partial charge in [0.15, 0.2) is 0 Å². The lowest BCUT2D eigenvalue weighted by Crippen LogP contribution is -1.84. The molecule has 2 N–H and O–H groups in total. The number of rotatable bonds is 1. The number of hydrogen-bond acceptors (Lipinski definition) is 2. The predicted octanol–water partition coefficient (Wildman–Crippen LogP) is -0.0734. The van der Waals surface area contributed by atoms with Crippen molar-refractivity contribution >= 4 is 8.46 Å². The van der Waals surface area contributed by atoms with E-state index >= 15 is 0 Å². The Labute approximate surface area is 26.2 Å². The molecule has 4 heavy (non-hydrogen) atoms. The van der Waals surface area contributed by atoms with E-state index in [4.69, 9.17) is 5.73 Å². The fourth-order valence-corrected chi connectivity index (χ4v) is 0. The minimum Gasteiger partial charge on any atom is -0.321 e. The summed E-state index contributed by atoms with van der Waals surface area (Å²) in [5, 5.41) is 0. The van der Waals surface area contributed by atoms with Crippen molar-refractivity contribution < 1.29 is 4.57 Å². The Bertz CT molecular complexity index is 22.0. The van der Waals surface area contributed by atoms with Gasteiger partial charge >= 0.3 is 0 Å². The summed E-state index contributed by atoms with van der Waals surface area (Å²) in [5.41, 5.74) is 4.73. The van der Waals surface area contributed by atoms with Crippen LogP contribution >= 0.6 is 8.46 Å². The summed E-state index contributed by atoms with van der Waals surface area (Å²) in [4.78, 5) is 0. The summed E-state index contributed by atoms with van der Waals surface area (Å²) in [5.74, 6) is 0.